The maximum absolute atomic E-state index is 6.11. The van der Waals surface area contributed by atoms with Crippen molar-refractivity contribution in [1.82, 2.24) is 24.7 Å². The summed E-state index contributed by atoms with van der Waals surface area (Å²) in [7, 11) is 0. The van der Waals surface area contributed by atoms with E-state index in [1.165, 1.54) is 17.0 Å². The van der Waals surface area contributed by atoms with Crippen molar-refractivity contribution in [3.63, 3.8) is 0 Å². The Hall–Kier alpha value is -3.17. The Balaban J connectivity index is 1.14. The van der Waals surface area contributed by atoms with Crippen LogP contribution in [-0.4, -0.2) is 57.5 Å². The number of nitrogens with zero attached hydrogens (tertiary/aromatic N) is 6. The van der Waals surface area contributed by atoms with E-state index < -0.39 is 0 Å². The normalized spacial score (nSPS) is 19.1. The lowest BCUT2D eigenvalue weighted by atomic mass is 10.2. The number of benzene rings is 2. The van der Waals surface area contributed by atoms with Crippen molar-refractivity contribution in [3.05, 3.63) is 65.4 Å². The van der Waals surface area contributed by atoms with Crippen LogP contribution in [-0.2, 0) is 6.54 Å². The monoisotopic (exact) mass is 434 g/mol. The standard InChI is InChI=1S/C22H22N6O2S/c1-2-6-16(7-3-1)27-12-10-26(11-13-27)14-20-23-24-22-28(20)25-21(31-22)19-15-29-17-8-4-5-9-18(17)30-19/h1-9,19H,10-15H2/t19-/m0/s1. The quantitative estimate of drug-likeness (QED) is 0.489. The molecule has 2 aliphatic heterocycles. The molecule has 9 heteroatoms. The van der Waals surface area contributed by atoms with E-state index in [1.54, 1.807) is 0 Å². The van der Waals surface area contributed by atoms with Crippen LogP contribution in [0.4, 0.5) is 5.69 Å². The average molecular weight is 435 g/mol. The van der Waals surface area contributed by atoms with E-state index in [-0.39, 0.29) is 6.10 Å². The molecule has 2 aromatic heterocycles. The number of rotatable bonds is 4. The van der Waals surface area contributed by atoms with Gasteiger partial charge in [0.25, 0.3) is 0 Å². The largest absolute Gasteiger partial charge is 0.485 e. The molecule has 0 bridgehead atoms. The fraction of sp³-hybridized carbons (Fsp3) is 0.318. The molecule has 0 aliphatic carbocycles. The van der Waals surface area contributed by atoms with E-state index in [2.05, 4.69) is 50.3 Å². The zero-order chi connectivity index (χ0) is 20.6. The SMILES string of the molecule is c1ccc(N2CCN(Cc3nnc4sc([C@@H]5COc6ccccc6O5)nn34)CC2)cc1. The average Bonchev–Trinajstić information content (AvgIpc) is 3.42. The van der Waals surface area contributed by atoms with Crippen LogP contribution in [0.15, 0.2) is 54.6 Å². The minimum Gasteiger partial charge on any atom is -0.485 e. The highest BCUT2D eigenvalue weighted by atomic mass is 32.1. The van der Waals surface area contributed by atoms with Crippen molar-refractivity contribution in [2.24, 2.45) is 0 Å². The first-order valence-corrected chi connectivity index (χ1v) is 11.3. The van der Waals surface area contributed by atoms with Gasteiger partial charge in [-0.3, -0.25) is 4.90 Å². The number of para-hydroxylation sites is 3. The Morgan fingerprint density at radius 2 is 1.68 bits per heavy atom. The Morgan fingerprint density at radius 1 is 0.903 bits per heavy atom. The number of hydrogen-bond acceptors (Lipinski definition) is 8. The molecule has 4 aromatic rings. The summed E-state index contributed by atoms with van der Waals surface area (Å²) in [6.45, 7) is 5.14. The first-order chi connectivity index (χ1) is 15.3. The van der Waals surface area contributed by atoms with E-state index in [1.807, 2.05) is 28.8 Å². The van der Waals surface area contributed by atoms with Gasteiger partial charge in [0, 0.05) is 31.9 Å². The Morgan fingerprint density at radius 3 is 2.52 bits per heavy atom. The van der Waals surface area contributed by atoms with Gasteiger partial charge in [0.2, 0.25) is 4.96 Å². The van der Waals surface area contributed by atoms with Crippen molar-refractivity contribution in [2.75, 3.05) is 37.7 Å². The number of aromatic nitrogens is 4. The second-order valence-electron chi connectivity index (χ2n) is 7.71. The van der Waals surface area contributed by atoms with Gasteiger partial charge in [0.05, 0.1) is 6.54 Å². The molecule has 1 fully saturated rings. The third-order valence-corrected chi connectivity index (χ3v) is 6.70. The highest BCUT2D eigenvalue weighted by Gasteiger charge is 2.27. The molecule has 1 saturated heterocycles. The van der Waals surface area contributed by atoms with E-state index in [9.17, 15) is 0 Å². The van der Waals surface area contributed by atoms with Gasteiger partial charge in [0.15, 0.2) is 28.4 Å². The zero-order valence-electron chi connectivity index (χ0n) is 16.9. The second kappa shape index (κ2) is 7.82. The molecule has 8 nitrogen and oxygen atoms in total. The molecule has 0 spiro atoms. The minimum absolute atomic E-state index is 0.233. The predicted molar refractivity (Wildman–Crippen MR) is 118 cm³/mol. The Bertz CT molecular complexity index is 1190. The van der Waals surface area contributed by atoms with Crippen LogP contribution in [0.3, 0.4) is 0 Å². The summed E-state index contributed by atoms with van der Waals surface area (Å²) in [6, 6.07) is 18.3. The van der Waals surface area contributed by atoms with Crippen molar-refractivity contribution in [2.45, 2.75) is 12.6 Å². The fourth-order valence-electron chi connectivity index (χ4n) is 4.05. The van der Waals surface area contributed by atoms with Gasteiger partial charge >= 0.3 is 0 Å². The molecule has 158 valence electrons. The number of anilines is 1. The molecule has 2 aliphatic rings. The smallest absolute Gasteiger partial charge is 0.234 e. The molecule has 4 heterocycles. The molecule has 31 heavy (non-hydrogen) atoms. The summed E-state index contributed by atoms with van der Waals surface area (Å²) in [5.74, 6) is 2.39. The summed E-state index contributed by atoms with van der Waals surface area (Å²) in [5.41, 5.74) is 1.28. The van der Waals surface area contributed by atoms with Crippen molar-refractivity contribution in [3.8, 4) is 11.5 Å². The Labute approximate surface area is 183 Å². The van der Waals surface area contributed by atoms with Gasteiger partial charge < -0.3 is 14.4 Å². The third-order valence-electron chi connectivity index (χ3n) is 5.71. The number of fused-ring (bicyclic) bond motifs is 2. The predicted octanol–water partition coefficient (Wildman–Crippen LogP) is 3.02. The molecule has 1 atom stereocenters. The second-order valence-corrected chi connectivity index (χ2v) is 8.70. The summed E-state index contributed by atoms with van der Waals surface area (Å²) >= 11 is 1.51. The first kappa shape index (κ1) is 18.6. The van der Waals surface area contributed by atoms with Crippen molar-refractivity contribution < 1.29 is 9.47 Å². The zero-order valence-corrected chi connectivity index (χ0v) is 17.7. The van der Waals surface area contributed by atoms with Crippen LogP contribution in [0.5, 0.6) is 11.5 Å². The highest BCUT2D eigenvalue weighted by molar-refractivity contribution is 7.16. The van der Waals surface area contributed by atoms with Crippen LogP contribution in [0.1, 0.15) is 16.9 Å². The van der Waals surface area contributed by atoms with Gasteiger partial charge in [-0.1, -0.05) is 41.7 Å². The summed E-state index contributed by atoms with van der Waals surface area (Å²) < 4.78 is 13.8. The maximum Gasteiger partial charge on any atom is 0.234 e. The topological polar surface area (TPSA) is 68.0 Å². The fourth-order valence-corrected chi connectivity index (χ4v) is 4.92. The molecule has 2 aromatic carbocycles. The lowest BCUT2D eigenvalue weighted by molar-refractivity contribution is 0.0903. The van der Waals surface area contributed by atoms with Gasteiger partial charge in [-0.2, -0.15) is 9.61 Å². The molecule has 0 unspecified atom stereocenters. The van der Waals surface area contributed by atoms with E-state index in [0.29, 0.717) is 6.61 Å². The van der Waals surface area contributed by atoms with Gasteiger partial charge in [-0.25, -0.2) is 0 Å². The number of hydrogen-bond donors (Lipinski definition) is 0. The molecule has 0 N–H and O–H groups in total. The lowest BCUT2D eigenvalue weighted by Crippen LogP contribution is -2.46. The molecular formula is C22H22N6O2S. The van der Waals surface area contributed by atoms with E-state index in [4.69, 9.17) is 14.6 Å². The first-order valence-electron chi connectivity index (χ1n) is 10.5. The molecule has 0 saturated carbocycles. The molecule has 0 amide bonds. The lowest BCUT2D eigenvalue weighted by Gasteiger charge is -2.35. The minimum atomic E-state index is -0.233. The molecular weight excluding hydrogens is 412 g/mol. The van der Waals surface area contributed by atoms with E-state index >= 15 is 0 Å². The third kappa shape index (κ3) is 3.60. The molecule has 6 rings (SSSR count). The summed E-state index contributed by atoms with van der Waals surface area (Å²) in [4.78, 5) is 5.62. The van der Waals surface area contributed by atoms with Gasteiger partial charge in [0.1, 0.15) is 6.61 Å². The number of piperazine rings is 1. The van der Waals surface area contributed by atoms with E-state index in [0.717, 1.165) is 60.0 Å². The maximum atomic E-state index is 6.11. The highest BCUT2D eigenvalue weighted by Crippen LogP contribution is 2.36. The van der Waals surface area contributed by atoms with Crippen molar-refractivity contribution >= 4 is 22.0 Å². The number of ether oxygens (including phenoxy) is 2. The van der Waals surface area contributed by atoms with Crippen LogP contribution < -0.4 is 14.4 Å². The van der Waals surface area contributed by atoms with Crippen molar-refractivity contribution in [1.29, 1.82) is 0 Å². The van der Waals surface area contributed by atoms with Crippen LogP contribution in [0, 0.1) is 0 Å². The summed E-state index contributed by atoms with van der Waals surface area (Å²) in [6.07, 6.45) is -0.233. The van der Waals surface area contributed by atoms with Gasteiger partial charge in [-0.05, 0) is 24.3 Å². The molecule has 0 radical (unpaired) electrons. The van der Waals surface area contributed by atoms with Crippen LogP contribution >= 0.6 is 11.3 Å². The Kier molecular flexibility index (Phi) is 4.69. The van der Waals surface area contributed by atoms with Crippen LogP contribution in [0.25, 0.3) is 4.96 Å². The van der Waals surface area contributed by atoms with Crippen LogP contribution in [0.2, 0.25) is 0 Å². The summed E-state index contributed by atoms with van der Waals surface area (Å²) in [5, 5.41) is 14.3. The van der Waals surface area contributed by atoms with Gasteiger partial charge in [-0.15, -0.1) is 10.2 Å².